The average Bonchev–Trinajstić information content (AvgIpc) is 2.38. The van der Waals surface area contributed by atoms with Crippen molar-refractivity contribution in [3.05, 3.63) is 23.8 Å². The SMILES string of the molecule is CCOc1cc(OC)ccc1CNC(=O)CCCl. The van der Waals surface area contributed by atoms with Crippen LogP contribution in [0.5, 0.6) is 11.5 Å². The minimum absolute atomic E-state index is 0.0664. The van der Waals surface area contributed by atoms with Crippen molar-refractivity contribution >= 4 is 17.5 Å². The van der Waals surface area contributed by atoms with E-state index in [1.54, 1.807) is 7.11 Å². The highest BCUT2D eigenvalue weighted by Crippen LogP contribution is 2.24. The number of carbonyl (C=O) groups is 1. The normalized spacial score (nSPS) is 9.94. The minimum Gasteiger partial charge on any atom is -0.497 e. The molecule has 0 atom stereocenters. The van der Waals surface area contributed by atoms with Crippen LogP contribution in [0.1, 0.15) is 18.9 Å². The first kappa shape index (κ1) is 14.6. The zero-order valence-electron chi connectivity index (χ0n) is 10.7. The van der Waals surface area contributed by atoms with Gasteiger partial charge in [0.1, 0.15) is 11.5 Å². The number of carbonyl (C=O) groups excluding carboxylic acids is 1. The van der Waals surface area contributed by atoms with Crippen LogP contribution in [0.4, 0.5) is 0 Å². The van der Waals surface area contributed by atoms with Crippen LogP contribution in [-0.4, -0.2) is 25.5 Å². The van der Waals surface area contributed by atoms with Gasteiger partial charge in [-0.05, 0) is 19.1 Å². The van der Waals surface area contributed by atoms with Crippen LogP contribution in [0.25, 0.3) is 0 Å². The molecule has 0 aromatic heterocycles. The lowest BCUT2D eigenvalue weighted by atomic mass is 10.2. The topological polar surface area (TPSA) is 47.6 Å². The summed E-state index contributed by atoms with van der Waals surface area (Å²) in [6.45, 7) is 2.90. The number of methoxy groups -OCH3 is 1. The fourth-order valence-corrected chi connectivity index (χ4v) is 1.64. The summed E-state index contributed by atoms with van der Waals surface area (Å²) < 4.78 is 10.6. The molecule has 18 heavy (non-hydrogen) atoms. The first-order chi connectivity index (χ1) is 8.71. The van der Waals surface area contributed by atoms with E-state index in [4.69, 9.17) is 21.1 Å². The highest BCUT2D eigenvalue weighted by Gasteiger charge is 2.07. The van der Waals surface area contributed by atoms with Gasteiger partial charge in [-0.25, -0.2) is 0 Å². The Kier molecular flexibility index (Phi) is 6.36. The summed E-state index contributed by atoms with van der Waals surface area (Å²) in [6, 6.07) is 5.53. The number of nitrogens with one attached hydrogen (secondary N) is 1. The fraction of sp³-hybridized carbons (Fsp3) is 0.462. The molecule has 0 spiro atoms. The van der Waals surface area contributed by atoms with E-state index >= 15 is 0 Å². The van der Waals surface area contributed by atoms with Gasteiger partial charge in [0.15, 0.2) is 0 Å². The average molecular weight is 272 g/mol. The van der Waals surface area contributed by atoms with Crippen molar-refractivity contribution < 1.29 is 14.3 Å². The molecule has 5 heteroatoms. The number of hydrogen-bond acceptors (Lipinski definition) is 3. The zero-order valence-corrected chi connectivity index (χ0v) is 11.4. The molecule has 1 aromatic rings. The van der Waals surface area contributed by atoms with Gasteiger partial charge in [0.05, 0.1) is 13.7 Å². The van der Waals surface area contributed by atoms with Gasteiger partial charge >= 0.3 is 0 Å². The van der Waals surface area contributed by atoms with Gasteiger partial charge in [-0.2, -0.15) is 0 Å². The molecule has 0 saturated carbocycles. The third-order valence-corrected chi connectivity index (χ3v) is 2.56. The van der Waals surface area contributed by atoms with Crippen LogP contribution in [0.15, 0.2) is 18.2 Å². The number of ether oxygens (including phenoxy) is 2. The maximum atomic E-state index is 11.3. The summed E-state index contributed by atoms with van der Waals surface area (Å²) in [5.74, 6) is 1.72. The molecule has 0 bridgehead atoms. The Bertz CT molecular complexity index is 396. The summed E-state index contributed by atoms with van der Waals surface area (Å²) in [6.07, 6.45) is 0.321. The maximum absolute atomic E-state index is 11.3. The molecule has 0 radical (unpaired) electrons. The number of hydrogen-bond donors (Lipinski definition) is 1. The third-order valence-electron chi connectivity index (χ3n) is 2.37. The lowest BCUT2D eigenvalue weighted by molar-refractivity contribution is -0.120. The lowest BCUT2D eigenvalue weighted by Gasteiger charge is -2.12. The highest BCUT2D eigenvalue weighted by atomic mass is 35.5. The number of halogens is 1. The van der Waals surface area contributed by atoms with E-state index in [1.165, 1.54) is 0 Å². The Labute approximate surface area is 112 Å². The van der Waals surface area contributed by atoms with E-state index in [1.807, 2.05) is 25.1 Å². The smallest absolute Gasteiger partial charge is 0.221 e. The molecule has 1 N–H and O–H groups in total. The Morgan fingerprint density at radius 2 is 2.22 bits per heavy atom. The van der Waals surface area contributed by atoms with Crippen LogP contribution in [0, 0.1) is 0 Å². The molecule has 0 aliphatic heterocycles. The van der Waals surface area contributed by atoms with Crippen molar-refractivity contribution in [3.63, 3.8) is 0 Å². The van der Waals surface area contributed by atoms with Gasteiger partial charge in [0.25, 0.3) is 0 Å². The minimum atomic E-state index is -0.0664. The maximum Gasteiger partial charge on any atom is 0.221 e. The second kappa shape index (κ2) is 7.82. The monoisotopic (exact) mass is 271 g/mol. The number of rotatable bonds is 7. The van der Waals surface area contributed by atoms with E-state index in [0.717, 1.165) is 17.1 Å². The molecule has 1 rings (SSSR count). The molecular formula is C13H18ClNO3. The van der Waals surface area contributed by atoms with Gasteiger partial charge in [-0.3, -0.25) is 4.79 Å². The molecule has 0 aliphatic carbocycles. The number of alkyl halides is 1. The van der Waals surface area contributed by atoms with Crippen molar-refractivity contribution in [2.75, 3.05) is 19.6 Å². The molecule has 1 amide bonds. The van der Waals surface area contributed by atoms with E-state index in [2.05, 4.69) is 5.32 Å². The Balaban J connectivity index is 2.71. The first-order valence-electron chi connectivity index (χ1n) is 5.83. The molecule has 0 fully saturated rings. The van der Waals surface area contributed by atoms with Gasteiger partial charge in [0.2, 0.25) is 5.91 Å². The first-order valence-corrected chi connectivity index (χ1v) is 6.37. The lowest BCUT2D eigenvalue weighted by Crippen LogP contribution is -2.23. The Morgan fingerprint density at radius 3 is 2.83 bits per heavy atom. The van der Waals surface area contributed by atoms with Crippen molar-refractivity contribution in [1.29, 1.82) is 0 Å². The van der Waals surface area contributed by atoms with Crippen molar-refractivity contribution in [2.24, 2.45) is 0 Å². The summed E-state index contributed by atoms with van der Waals surface area (Å²) >= 11 is 5.50. The summed E-state index contributed by atoms with van der Waals surface area (Å²) in [5.41, 5.74) is 0.917. The second-order valence-electron chi connectivity index (χ2n) is 3.62. The van der Waals surface area contributed by atoms with Gasteiger partial charge in [-0.1, -0.05) is 0 Å². The standard InChI is InChI=1S/C13H18ClNO3/c1-3-18-12-8-11(17-2)5-4-10(12)9-15-13(16)6-7-14/h4-5,8H,3,6-7,9H2,1-2H3,(H,15,16). The van der Waals surface area contributed by atoms with Gasteiger partial charge < -0.3 is 14.8 Å². The molecular weight excluding hydrogens is 254 g/mol. The van der Waals surface area contributed by atoms with E-state index < -0.39 is 0 Å². The van der Waals surface area contributed by atoms with Crippen molar-refractivity contribution in [1.82, 2.24) is 5.32 Å². The van der Waals surface area contributed by atoms with Crippen LogP contribution < -0.4 is 14.8 Å². The molecule has 0 heterocycles. The quantitative estimate of drug-likeness (QED) is 0.775. The van der Waals surface area contributed by atoms with Gasteiger partial charge in [-0.15, -0.1) is 11.6 Å². The molecule has 1 aromatic carbocycles. The number of benzene rings is 1. The predicted molar refractivity (Wildman–Crippen MR) is 71.3 cm³/mol. The van der Waals surface area contributed by atoms with E-state index in [9.17, 15) is 4.79 Å². The fourth-order valence-electron chi connectivity index (χ4n) is 1.47. The number of amides is 1. The van der Waals surface area contributed by atoms with Crippen LogP contribution in [0.2, 0.25) is 0 Å². The molecule has 100 valence electrons. The Morgan fingerprint density at radius 1 is 1.44 bits per heavy atom. The summed E-state index contributed by atoms with van der Waals surface area (Å²) in [4.78, 5) is 11.3. The molecule has 0 aliphatic rings. The highest BCUT2D eigenvalue weighted by molar-refractivity contribution is 6.18. The van der Waals surface area contributed by atoms with Crippen LogP contribution in [0.3, 0.4) is 0 Å². The van der Waals surface area contributed by atoms with Gasteiger partial charge in [0, 0.05) is 30.5 Å². The summed E-state index contributed by atoms with van der Waals surface area (Å²) in [7, 11) is 1.60. The zero-order chi connectivity index (χ0) is 13.4. The van der Waals surface area contributed by atoms with Crippen molar-refractivity contribution in [2.45, 2.75) is 19.9 Å². The molecule has 0 unspecified atom stereocenters. The van der Waals surface area contributed by atoms with Crippen molar-refractivity contribution in [3.8, 4) is 11.5 Å². The second-order valence-corrected chi connectivity index (χ2v) is 4.00. The molecule has 0 saturated heterocycles. The summed E-state index contributed by atoms with van der Waals surface area (Å²) in [5, 5.41) is 2.79. The van der Waals surface area contributed by atoms with Crippen LogP contribution in [-0.2, 0) is 11.3 Å². The largest absolute Gasteiger partial charge is 0.497 e. The van der Waals surface area contributed by atoms with E-state index in [0.29, 0.717) is 25.5 Å². The molecule has 4 nitrogen and oxygen atoms in total. The Hall–Kier alpha value is -1.42. The predicted octanol–water partition coefficient (Wildman–Crippen LogP) is 2.34. The van der Waals surface area contributed by atoms with Crippen LogP contribution >= 0.6 is 11.6 Å². The van der Waals surface area contributed by atoms with E-state index in [-0.39, 0.29) is 5.91 Å². The third kappa shape index (κ3) is 4.45.